The van der Waals surface area contributed by atoms with Gasteiger partial charge in [0.05, 0.1) is 5.76 Å². The third-order valence-electron chi connectivity index (χ3n) is 2.37. The second-order valence-corrected chi connectivity index (χ2v) is 5.94. The van der Waals surface area contributed by atoms with E-state index in [1.165, 1.54) is 13.0 Å². The van der Waals surface area contributed by atoms with Gasteiger partial charge in [-0.15, -0.1) is 0 Å². The summed E-state index contributed by atoms with van der Waals surface area (Å²) in [5.74, 6) is -0.149. The van der Waals surface area contributed by atoms with Crippen molar-refractivity contribution in [3.05, 3.63) is 59.9 Å². The van der Waals surface area contributed by atoms with E-state index in [1.807, 2.05) is 36.4 Å². The molecule has 0 aliphatic heterocycles. The summed E-state index contributed by atoms with van der Waals surface area (Å²) in [7, 11) is -0.611. The number of carbonyl (C=O) groups is 1. The number of ketones is 1. The van der Waals surface area contributed by atoms with Gasteiger partial charge >= 0.3 is 0 Å². The largest absolute Gasteiger partial charge is 0.512 e. The van der Waals surface area contributed by atoms with Crippen LogP contribution >= 0.6 is 0 Å². The Morgan fingerprint density at radius 3 is 2.14 bits per heavy atom. The number of hydrogen-bond donors (Lipinski definition) is 1. The van der Waals surface area contributed by atoms with E-state index < -0.39 is 10.8 Å². The minimum absolute atomic E-state index is 0. The van der Waals surface area contributed by atoms with Crippen LogP contribution in [0.25, 0.3) is 10.8 Å². The maximum Gasteiger partial charge on any atom is 0.189 e. The average molecular weight is 442 g/mol. The quantitative estimate of drug-likeness (QED) is 0.440. The Balaban J connectivity index is 0.000000715. The molecule has 0 aliphatic carbocycles. The average Bonchev–Trinajstić information content (AvgIpc) is 2.36. The van der Waals surface area contributed by atoms with Gasteiger partial charge in [-0.05, 0) is 23.8 Å². The van der Waals surface area contributed by atoms with Gasteiger partial charge in [-0.1, -0.05) is 36.4 Å². The number of benzene rings is 2. The van der Waals surface area contributed by atoms with Crippen molar-refractivity contribution in [1.29, 1.82) is 0 Å². The van der Waals surface area contributed by atoms with E-state index >= 15 is 0 Å². The summed E-state index contributed by atoms with van der Waals surface area (Å²) in [5.41, 5.74) is 0.590. The van der Waals surface area contributed by atoms with Crippen LogP contribution < -0.4 is 0 Å². The smallest absolute Gasteiger partial charge is 0.189 e. The van der Waals surface area contributed by atoms with Crippen molar-refractivity contribution in [1.82, 2.24) is 0 Å². The molecule has 0 saturated carbocycles. The third-order valence-corrected chi connectivity index (χ3v) is 2.37. The number of hydrogen-bond acceptors (Lipinski definition) is 3. The van der Waals surface area contributed by atoms with E-state index in [1.54, 1.807) is 18.6 Å². The van der Waals surface area contributed by atoms with E-state index in [2.05, 4.69) is 0 Å². The molecule has 3 nitrogen and oxygen atoms in total. The van der Waals surface area contributed by atoms with Crippen LogP contribution in [0.15, 0.2) is 54.3 Å². The maximum atomic E-state index is 11.7. The number of aliphatic hydroxyl groups is 1. The van der Waals surface area contributed by atoms with Gasteiger partial charge in [0.1, 0.15) is 0 Å². The molecule has 0 aromatic heterocycles. The van der Waals surface area contributed by atoms with E-state index in [-0.39, 0.29) is 60.9 Å². The molecule has 0 saturated heterocycles. The summed E-state index contributed by atoms with van der Waals surface area (Å²) in [5, 5.41) is 11.2. The Hall–Kier alpha value is -0.356. The first-order chi connectivity index (χ1) is 9.40. The normalized spacial score (nSPS) is 10.6. The van der Waals surface area contributed by atoms with Crippen LogP contribution in [0.2, 0.25) is 0 Å². The van der Waals surface area contributed by atoms with E-state index in [4.69, 9.17) is 5.11 Å². The second-order valence-electron chi connectivity index (χ2n) is 4.45. The van der Waals surface area contributed by atoms with E-state index in [0.29, 0.717) is 5.56 Å². The fourth-order valence-corrected chi connectivity index (χ4v) is 1.62. The molecule has 5 heteroatoms. The molecule has 0 fully saturated rings. The molecular weight excluding hydrogens is 424 g/mol. The monoisotopic (exact) mass is 443 g/mol. The first kappa shape index (κ1) is 20.6. The topological polar surface area (TPSA) is 54.4 Å². The summed E-state index contributed by atoms with van der Waals surface area (Å²) < 4.78 is 9.56. The zero-order valence-corrected chi connectivity index (χ0v) is 15.4. The minimum Gasteiger partial charge on any atom is -0.512 e. The molecule has 0 amide bonds. The van der Waals surface area contributed by atoms with Crippen LogP contribution in [0.4, 0.5) is 0 Å². The Morgan fingerprint density at radius 2 is 1.62 bits per heavy atom. The Kier molecular flexibility index (Phi) is 10.2. The summed E-state index contributed by atoms with van der Waals surface area (Å²) in [4.78, 5) is 11.7. The van der Waals surface area contributed by atoms with Crippen LogP contribution in [-0.2, 0) is 10.8 Å². The predicted molar refractivity (Wildman–Crippen MR) is 84.7 cm³/mol. The molecule has 0 atom stereocenters. The SMILES string of the molecule is C/C(O)=C/C(=O)c1ccc2ccccc2c1.CS(C)=O.[Eu]. The molecule has 2 rings (SSSR count). The molecule has 0 spiro atoms. The molecule has 0 unspecified atom stereocenters. The molecule has 21 heavy (non-hydrogen) atoms. The Labute approximate surface area is 168 Å². The fraction of sp³-hybridized carbons (Fsp3) is 0.188. The van der Waals surface area contributed by atoms with E-state index in [9.17, 15) is 9.00 Å². The van der Waals surface area contributed by atoms with Crippen LogP contribution in [0.5, 0.6) is 0 Å². The molecule has 113 valence electrons. The Morgan fingerprint density at radius 1 is 1.10 bits per heavy atom. The molecule has 2 aromatic rings. The van der Waals surface area contributed by atoms with Gasteiger partial charge in [0.15, 0.2) is 5.78 Å². The fourth-order valence-electron chi connectivity index (χ4n) is 1.62. The summed E-state index contributed by atoms with van der Waals surface area (Å²) >= 11 is 0. The van der Waals surface area contributed by atoms with Crippen molar-refractivity contribution >= 4 is 27.4 Å². The summed E-state index contributed by atoms with van der Waals surface area (Å²) in [6.07, 6.45) is 4.50. The first-order valence-electron chi connectivity index (χ1n) is 6.05. The van der Waals surface area contributed by atoms with Gasteiger partial charge in [-0.2, -0.15) is 0 Å². The molecular formula is C16H18EuO3S. The molecule has 1 N–H and O–H groups in total. The van der Waals surface area contributed by atoms with Gasteiger partial charge in [-0.25, -0.2) is 0 Å². The van der Waals surface area contributed by atoms with Crippen LogP contribution in [0.1, 0.15) is 17.3 Å². The number of aliphatic hydroxyl groups excluding tert-OH is 1. The summed E-state index contributed by atoms with van der Waals surface area (Å²) in [6, 6.07) is 13.4. The van der Waals surface area contributed by atoms with Gasteiger partial charge in [0.25, 0.3) is 0 Å². The molecule has 0 aliphatic rings. The first-order valence-corrected chi connectivity index (χ1v) is 8.02. The zero-order valence-electron chi connectivity index (χ0n) is 12.2. The number of fused-ring (bicyclic) bond motifs is 1. The van der Waals surface area contributed by atoms with Crippen LogP contribution in [0, 0.1) is 49.4 Å². The van der Waals surface area contributed by atoms with Crippen LogP contribution in [0.3, 0.4) is 0 Å². The maximum absolute atomic E-state index is 11.7. The number of allylic oxidation sites excluding steroid dienone is 2. The van der Waals surface area contributed by atoms with Crippen molar-refractivity contribution in [2.45, 2.75) is 6.92 Å². The van der Waals surface area contributed by atoms with Crippen LogP contribution in [-0.4, -0.2) is 27.6 Å². The van der Waals surface area contributed by atoms with Crippen molar-refractivity contribution < 1.29 is 63.5 Å². The van der Waals surface area contributed by atoms with Crippen molar-refractivity contribution in [2.24, 2.45) is 0 Å². The van der Waals surface area contributed by atoms with Crippen molar-refractivity contribution in [3.8, 4) is 0 Å². The third kappa shape index (κ3) is 8.00. The van der Waals surface area contributed by atoms with Gasteiger partial charge in [0, 0.05) is 84.3 Å². The molecule has 1 radical (unpaired) electrons. The number of rotatable bonds is 2. The standard InChI is InChI=1S/C14H12O2.C2H6OS.Eu/c1-10(15)8-14(16)13-7-6-11-4-2-3-5-12(11)9-13;1-4(2)3;/h2-9,15H,1H3;1-2H3;/b10-8-;;. The predicted octanol–water partition coefficient (Wildman–Crippen LogP) is 3.48. The van der Waals surface area contributed by atoms with Crippen molar-refractivity contribution in [2.75, 3.05) is 12.5 Å². The van der Waals surface area contributed by atoms with Gasteiger partial charge < -0.3 is 5.11 Å². The van der Waals surface area contributed by atoms with Gasteiger partial charge in [0.2, 0.25) is 0 Å². The number of carbonyl (C=O) groups excluding carboxylic acids is 1. The molecule has 2 aromatic carbocycles. The molecule has 0 heterocycles. The minimum atomic E-state index is -0.611. The Bertz CT molecular complexity index is 657. The molecule has 0 bridgehead atoms. The zero-order chi connectivity index (χ0) is 15.1. The van der Waals surface area contributed by atoms with Gasteiger partial charge in [-0.3, -0.25) is 9.00 Å². The summed E-state index contributed by atoms with van der Waals surface area (Å²) in [6.45, 7) is 1.49. The second kappa shape index (κ2) is 10.4. The van der Waals surface area contributed by atoms with E-state index in [0.717, 1.165) is 10.8 Å². The van der Waals surface area contributed by atoms with Crippen molar-refractivity contribution in [3.63, 3.8) is 0 Å².